The van der Waals surface area contributed by atoms with Gasteiger partial charge in [-0.05, 0) is 17.4 Å². The third kappa shape index (κ3) is 3.26. The highest BCUT2D eigenvalue weighted by Gasteiger charge is 2.05. The molecule has 0 unspecified atom stereocenters. The molecule has 0 aliphatic carbocycles. The first-order valence-electron chi connectivity index (χ1n) is 4.37. The maximum atomic E-state index is 10.8. The summed E-state index contributed by atoms with van der Waals surface area (Å²) in [6, 6.07) is 9.47. The van der Waals surface area contributed by atoms with Crippen molar-refractivity contribution < 1.29 is 9.90 Å². The molecule has 2 nitrogen and oxygen atoms in total. The first kappa shape index (κ1) is 10.9. The number of rotatable bonds is 4. The van der Waals surface area contributed by atoms with E-state index in [1.807, 2.05) is 37.3 Å². The molecule has 0 fully saturated rings. The minimum absolute atomic E-state index is 0.388. The summed E-state index contributed by atoms with van der Waals surface area (Å²) >= 11 is 1.34. The highest BCUT2D eigenvalue weighted by atomic mass is 32.2. The Morgan fingerprint density at radius 3 is 2.57 bits per heavy atom. The first-order valence-corrected chi connectivity index (χ1v) is 5.35. The SMILES string of the molecule is CCSC(=Cc1ccccc1)C(=O)O. The fraction of sp³-hybridized carbons (Fsp3) is 0.182. The van der Waals surface area contributed by atoms with E-state index in [0.717, 1.165) is 11.3 Å². The smallest absolute Gasteiger partial charge is 0.342 e. The third-order valence-corrected chi connectivity index (χ3v) is 2.50. The van der Waals surface area contributed by atoms with Gasteiger partial charge in [0.05, 0.1) is 4.91 Å². The molecule has 14 heavy (non-hydrogen) atoms. The molecule has 3 heteroatoms. The van der Waals surface area contributed by atoms with E-state index >= 15 is 0 Å². The lowest BCUT2D eigenvalue weighted by molar-refractivity contribution is -0.131. The predicted molar refractivity (Wildman–Crippen MR) is 60.2 cm³/mol. The van der Waals surface area contributed by atoms with Crippen LogP contribution in [0.25, 0.3) is 6.08 Å². The van der Waals surface area contributed by atoms with Crippen LogP contribution in [0.4, 0.5) is 0 Å². The maximum Gasteiger partial charge on any atom is 0.342 e. The zero-order valence-corrected chi connectivity index (χ0v) is 8.75. The van der Waals surface area contributed by atoms with Gasteiger partial charge in [-0.25, -0.2) is 4.79 Å². The maximum absolute atomic E-state index is 10.8. The molecule has 1 aromatic rings. The normalized spacial score (nSPS) is 11.4. The van der Waals surface area contributed by atoms with Crippen molar-refractivity contribution in [3.63, 3.8) is 0 Å². The molecule has 0 aliphatic rings. The monoisotopic (exact) mass is 208 g/mol. The summed E-state index contributed by atoms with van der Waals surface area (Å²) in [5.74, 6) is -0.0916. The predicted octanol–water partition coefficient (Wildman–Crippen LogP) is 2.87. The molecule has 0 atom stereocenters. The lowest BCUT2D eigenvalue weighted by Crippen LogP contribution is -1.96. The summed E-state index contributed by atoms with van der Waals surface area (Å²) in [6.45, 7) is 1.94. The van der Waals surface area contributed by atoms with Gasteiger partial charge in [-0.3, -0.25) is 0 Å². The van der Waals surface area contributed by atoms with Gasteiger partial charge in [0, 0.05) is 0 Å². The first-order chi connectivity index (χ1) is 6.74. The molecule has 74 valence electrons. The Bertz CT molecular complexity index is 330. The van der Waals surface area contributed by atoms with Crippen molar-refractivity contribution in [1.82, 2.24) is 0 Å². The minimum Gasteiger partial charge on any atom is -0.477 e. The van der Waals surface area contributed by atoms with Gasteiger partial charge in [-0.2, -0.15) is 0 Å². The van der Waals surface area contributed by atoms with Crippen LogP contribution in [0.1, 0.15) is 12.5 Å². The van der Waals surface area contributed by atoms with E-state index in [4.69, 9.17) is 5.11 Å². The summed E-state index contributed by atoms with van der Waals surface area (Å²) in [6.07, 6.45) is 1.69. The van der Waals surface area contributed by atoms with Crippen LogP contribution in [-0.4, -0.2) is 16.8 Å². The van der Waals surface area contributed by atoms with Crippen LogP contribution in [0.2, 0.25) is 0 Å². The quantitative estimate of drug-likeness (QED) is 0.773. The molecule has 0 aliphatic heterocycles. The second kappa shape index (κ2) is 5.50. The molecule has 1 aromatic carbocycles. The Morgan fingerprint density at radius 2 is 2.07 bits per heavy atom. The van der Waals surface area contributed by atoms with Gasteiger partial charge < -0.3 is 5.11 Å². The van der Waals surface area contributed by atoms with Gasteiger partial charge in [-0.15, -0.1) is 11.8 Å². The molecule has 0 aromatic heterocycles. The standard InChI is InChI=1S/C11H12O2S/c1-2-14-10(11(12)13)8-9-6-4-3-5-7-9/h3-8H,2H2,1H3,(H,12,13). The van der Waals surface area contributed by atoms with E-state index in [9.17, 15) is 4.79 Å². The molecular weight excluding hydrogens is 196 g/mol. The van der Waals surface area contributed by atoms with E-state index in [1.54, 1.807) is 6.08 Å². The molecule has 0 saturated heterocycles. The molecule has 0 heterocycles. The highest BCUT2D eigenvalue weighted by molar-refractivity contribution is 8.04. The summed E-state index contributed by atoms with van der Waals surface area (Å²) in [4.78, 5) is 11.2. The van der Waals surface area contributed by atoms with Crippen LogP contribution in [-0.2, 0) is 4.79 Å². The number of thioether (sulfide) groups is 1. The molecule has 0 bridgehead atoms. The van der Waals surface area contributed by atoms with Gasteiger partial charge in [0.25, 0.3) is 0 Å². The van der Waals surface area contributed by atoms with Gasteiger partial charge in [0.1, 0.15) is 0 Å². The third-order valence-electron chi connectivity index (χ3n) is 1.61. The van der Waals surface area contributed by atoms with Crippen molar-refractivity contribution in [2.75, 3.05) is 5.75 Å². The number of hydrogen-bond acceptors (Lipinski definition) is 2. The largest absolute Gasteiger partial charge is 0.477 e. The Hall–Kier alpha value is -1.22. The van der Waals surface area contributed by atoms with Crippen molar-refractivity contribution in [3.8, 4) is 0 Å². The van der Waals surface area contributed by atoms with Crippen LogP contribution < -0.4 is 0 Å². The van der Waals surface area contributed by atoms with Crippen LogP contribution >= 0.6 is 11.8 Å². The van der Waals surface area contributed by atoms with E-state index < -0.39 is 5.97 Å². The zero-order chi connectivity index (χ0) is 10.4. The average Bonchev–Trinajstić information content (AvgIpc) is 2.18. The minimum atomic E-state index is -0.860. The second-order valence-corrected chi connectivity index (χ2v) is 3.96. The van der Waals surface area contributed by atoms with Crippen LogP contribution in [0.3, 0.4) is 0 Å². The Morgan fingerprint density at radius 1 is 1.43 bits per heavy atom. The van der Waals surface area contributed by atoms with Crippen LogP contribution in [0.15, 0.2) is 35.2 Å². The van der Waals surface area contributed by atoms with Gasteiger partial charge in [-0.1, -0.05) is 37.3 Å². The Kier molecular flexibility index (Phi) is 4.26. The molecule has 0 saturated carbocycles. The number of aliphatic carboxylic acids is 1. The summed E-state index contributed by atoms with van der Waals surface area (Å²) in [5.41, 5.74) is 0.922. The van der Waals surface area contributed by atoms with Crippen molar-refractivity contribution >= 4 is 23.8 Å². The van der Waals surface area contributed by atoms with Gasteiger partial charge >= 0.3 is 5.97 Å². The van der Waals surface area contributed by atoms with Crippen molar-refractivity contribution in [3.05, 3.63) is 40.8 Å². The van der Waals surface area contributed by atoms with Crippen molar-refractivity contribution in [1.29, 1.82) is 0 Å². The van der Waals surface area contributed by atoms with Crippen molar-refractivity contribution in [2.45, 2.75) is 6.92 Å². The Labute approximate surface area is 87.6 Å². The van der Waals surface area contributed by atoms with E-state index in [1.165, 1.54) is 11.8 Å². The molecule has 0 amide bonds. The highest BCUT2D eigenvalue weighted by Crippen LogP contribution is 2.18. The summed E-state index contributed by atoms with van der Waals surface area (Å²) < 4.78 is 0. The topological polar surface area (TPSA) is 37.3 Å². The molecule has 0 radical (unpaired) electrons. The fourth-order valence-corrected chi connectivity index (χ4v) is 1.68. The lowest BCUT2D eigenvalue weighted by atomic mass is 10.2. The number of benzene rings is 1. The number of carboxylic acid groups (broad SMARTS) is 1. The van der Waals surface area contributed by atoms with E-state index in [-0.39, 0.29) is 0 Å². The van der Waals surface area contributed by atoms with E-state index in [2.05, 4.69) is 0 Å². The second-order valence-electron chi connectivity index (χ2n) is 2.66. The number of hydrogen-bond donors (Lipinski definition) is 1. The Balaban J connectivity index is 2.88. The number of carboxylic acids is 1. The molecule has 0 spiro atoms. The molecular formula is C11H12O2S. The van der Waals surface area contributed by atoms with Gasteiger partial charge in [0.15, 0.2) is 0 Å². The molecule has 1 N–H and O–H groups in total. The lowest BCUT2D eigenvalue weighted by Gasteiger charge is -1.99. The average molecular weight is 208 g/mol. The zero-order valence-electron chi connectivity index (χ0n) is 7.93. The van der Waals surface area contributed by atoms with E-state index in [0.29, 0.717) is 4.91 Å². The fourth-order valence-electron chi connectivity index (χ4n) is 1.02. The van der Waals surface area contributed by atoms with Crippen LogP contribution in [0, 0.1) is 0 Å². The van der Waals surface area contributed by atoms with Crippen LogP contribution in [0.5, 0.6) is 0 Å². The number of carbonyl (C=O) groups is 1. The van der Waals surface area contributed by atoms with Crippen molar-refractivity contribution in [2.24, 2.45) is 0 Å². The summed E-state index contributed by atoms with van der Waals surface area (Å²) in [7, 11) is 0. The molecule has 1 rings (SSSR count). The summed E-state index contributed by atoms with van der Waals surface area (Å²) in [5, 5.41) is 8.88. The van der Waals surface area contributed by atoms with Gasteiger partial charge in [0.2, 0.25) is 0 Å².